The quantitative estimate of drug-likeness (QED) is 0.877. The van der Waals surface area contributed by atoms with E-state index >= 15 is 0 Å². The number of anilines is 2. The largest absolute Gasteiger partial charge is 0.372 e. The van der Waals surface area contributed by atoms with Crippen LogP contribution in [0.1, 0.15) is 12.5 Å². The van der Waals surface area contributed by atoms with Gasteiger partial charge in [-0.1, -0.05) is 18.2 Å². The lowest BCUT2D eigenvalue weighted by molar-refractivity contribution is 0.192. The minimum absolute atomic E-state index is 0.104. The van der Waals surface area contributed by atoms with Crippen molar-refractivity contribution < 1.29 is 4.79 Å². The van der Waals surface area contributed by atoms with Crippen molar-refractivity contribution in [3.05, 3.63) is 48.3 Å². The van der Waals surface area contributed by atoms with E-state index in [9.17, 15) is 4.79 Å². The Labute approximate surface area is 129 Å². The van der Waals surface area contributed by atoms with Crippen molar-refractivity contribution in [2.45, 2.75) is 19.5 Å². The summed E-state index contributed by atoms with van der Waals surface area (Å²) in [4.78, 5) is 16.6. The van der Waals surface area contributed by atoms with Crippen molar-refractivity contribution in [1.82, 2.24) is 15.1 Å². The number of nitrogens with zero attached hydrogens (tertiary/aromatic N) is 4. The molecule has 0 unspecified atom stereocenters. The van der Waals surface area contributed by atoms with Gasteiger partial charge in [0.15, 0.2) is 0 Å². The molecule has 1 aromatic carbocycles. The lowest BCUT2D eigenvalue weighted by Crippen LogP contribution is -2.44. The third-order valence-corrected chi connectivity index (χ3v) is 3.91. The van der Waals surface area contributed by atoms with Crippen LogP contribution in [-0.2, 0) is 6.54 Å². The third-order valence-electron chi connectivity index (χ3n) is 3.91. The molecule has 2 aromatic rings. The van der Waals surface area contributed by atoms with Crippen molar-refractivity contribution in [2.24, 2.45) is 0 Å². The fraction of sp³-hybridized carbons (Fsp3) is 0.312. The first kappa shape index (κ1) is 14.3. The molecule has 1 atom stereocenters. The fourth-order valence-corrected chi connectivity index (χ4v) is 2.78. The first-order valence-electron chi connectivity index (χ1n) is 7.28. The summed E-state index contributed by atoms with van der Waals surface area (Å²) in [7, 11) is 2.06. The Morgan fingerprint density at radius 1 is 1.27 bits per heavy atom. The number of hydrogen-bond acceptors (Lipinski definition) is 4. The second kappa shape index (κ2) is 6.01. The Morgan fingerprint density at radius 3 is 2.86 bits per heavy atom. The summed E-state index contributed by atoms with van der Waals surface area (Å²) >= 11 is 0. The van der Waals surface area contributed by atoms with Crippen LogP contribution in [-0.4, -0.2) is 40.8 Å². The number of para-hydroxylation sites is 1. The molecule has 2 heterocycles. The Balaban J connectivity index is 1.82. The van der Waals surface area contributed by atoms with Gasteiger partial charge in [0.1, 0.15) is 0 Å². The smallest absolute Gasteiger partial charge is 0.322 e. The van der Waals surface area contributed by atoms with Crippen LogP contribution >= 0.6 is 0 Å². The first-order valence-corrected chi connectivity index (χ1v) is 7.28. The van der Waals surface area contributed by atoms with Crippen molar-refractivity contribution in [2.75, 3.05) is 23.8 Å². The Hall–Kier alpha value is -2.63. The van der Waals surface area contributed by atoms with Crippen LogP contribution in [0.5, 0.6) is 0 Å². The highest BCUT2D eigenvalue weighted by Gasteiger charge is 2.26. The van der Waals surface area contributed by atoms with E-state index in [-0.39, 0.29) is 12.1 Å². The predicted molar refractivity (Wildman–Crippen MR) is 85.8 cm³/mol. The zero-order valence-electron chi connectivity index (χ0n) is 12.7. The number of likely N-dealkylation sites (N-methyl/N-ethyl adjacent to an activating group) is 1. The second-order valence-corrected chi connectivity index (χ2v) is 5.55. The van der Waals surface area contributed by atoms with Gasteiger partial charge in [-0.2, -0.15) is 10.2 Å². The molecule has 6 heteroatoms. The molecule has 1 aromatic heterocycles. The molecule has 0 radical (unpaired) electrons. The minimum Gasteiger partial charge on any atom is -0.372 e. The molecule has 6 nitrogen and oxygen atoms in total. The zero-order chi connectivity index (χ0) is 15.5. The number of benzene rings is 1. The fourth-order valence-electron chi connectivity index (χ4n) is 2.78. The topological polar surface area (TPSA) is 61.4 Å². The van der Waals surface area contributed by atoms with E-state index in [0.29, 0.717) is 12.2 Å². The maximum absolute atomic E-state index is 12.6. The molecule has 1 aliphatic rings. The van der Waals surface area contributed by atoms with E-state index in [1.54, 1.807) is 18.5 Å². The lowest BCUT2D eigenvalue weighted by atomic mass is 10.1. The molecule has 2 amide bonds. The van der Waals surface area contributed by atoms with E-state index in [1.165, 1.54) is 5.69 Å². The van der Waals surface area contributed by atoms with Gasteiger partial charge in [-0.05, 0) is 24.6 Å². The van der Waals surface area contributed by atoms with Gasteiger partial charge in [0, 0.05) is 31.9 Å². The van der Waals surface area contributed by atoms with E-state index in [2.05, 4.69) is 46.5 Å². The highest BCUT2D eigenvalue weighted by atomic mass is 16.2. The number of amides is 2. The molecule has 0 saturated carbocycles. The van der Waals surface area contributed by atoms with Crippen LogP contribution < -0.4 is 10.2 Å². The summed E-state index contributed by atoms with van der Waals surface area (Å²) in [6, 6.07) is 9.91. The van der Waals surface area contributed by atoms with E-state index in [4.69, 9.17) is 0 Å². The SMILES string of the molecule is C[C@H]1CN(C)c2ccccc2CN1C(=O)Nc1ccnnc1. The Morgan fingerprint density at radius 2 is 2.09 bits per heavy atom. The maximum Gasteiger partial charge on any atom is 0.322 e. The molecule has 114 valence electrons. The van der Waals surface area contributed by atoms with Crippen LogP contribution in [0.2, 0.25) is 0 Å². The highest BCUT2D eigenvalue weighted by Crippen LogP contribution is 2.26. The maximum atomic E-state index is 12.6. The van der Waals surface area contributed by atoms with Gasteiger partial charge in [-0.15, -0.1) is 0 Å². The van der Waals surface area contributed by atoms with Crippen LogP contribution in [0.4, 0.5) is 16.2 Å². The van der Waals surface area contributed by atoms with E-state index in [0.717, 1.165) is 12.1 Å². The normalized spacial score (nSPS) is 17.6. The zero-order valence-corrected chi connectivity index (χ0v) is 12.7. The van der Waals surface area contributed by atoms with Gasteiger partial charge in [-0.25, -0.2) is 4.79 Å². The number of hydrogen-bond donors (Lipinski definition) is 1. The number of fused-ring (bicyclic) bond motifs is 1. The first-order chi connectivity index (χ1) is 10.6. The second-order valence-electron chi connectivity index (χ2n) is 5.55. The molecule has 0 aliphatic carbocycles. The van der Waals surface area contributed by atoms with Crippen molar-refractivity contribution in [3.8, 4) is 0 Å². The summed E-state index contributed by atoms with van der Waals surface area (Å²) in [5, 5.41) is 10.4. The van der Waals surface area contributed by atoms with Crippen LogP contribution in [0.15, 0.2) is 42.7 Å². The standard InChI is InChI=1S/C16H19N5O/c1-12-10-20(2)15-6-4-3-5-13(15)11-21(12)16(22)19-14-7-8-17-18-9-14/h3-9,12H,10-11H2,1-2H3,(H,17,19,22)/t12-/m0/s1. The molecule has 3 rings (SSSR count). The average molecular weight is 297 g/mol. The van der Waals surface area contributed by atoms with Gasteiger partial charge >= 0.3 is 6.03 Å². The molecule has 0 bridgehead atoms. The molecule has 1 aliphatic heterocycles. The predicted octanol–water partition coefficient (Wildman–Crippen LogP) is 2.35. The van der Waals surface area contributed by atoms with Crippen molar-refractivity contribution in [3.63, 3.8) is 0 Å². The molecule has 22 heavy (non-hydrogen) atoms. The number of nitrogens with one attached hydrogen (secondary N) is 1. The Kier molecular flexibility index (Phi) is 3.91. The number of rotatable bonds is 1. The molecule has 0 spiro atoms. The molecular formula is C16H19N5O. The van der Waals surface area contributed by atoms with Crippen LogP contribution in [0.3, 0.4) is 0 Å². The monoisotopic (exact) mass is 297 g/mol. The van der Waals surface area contributed by atoms with Gasteiger partial charge < -0.3 is 15.1 Å². The van der Waals surface area contributed by atoms with Crippen LogP contribution in [0.25, 0.3) is 0 Å². The summed E-state index contributed by atoms with van der Waals surface area (Å²) in [6.07, 6.45) is 3.10. The van der Waals surface area contributed by atoms with Gasteiger partial charge in [-0.3, -0.25) is 0 Å². The van der Waals surface area contributed by atoms with E-state index < -0.39 is 0 Å². The number of carbonyl (C=O) groups is 1. The van der Waals surface area contributed by atoms with Crippen molar-refractivity contribution >= 4 is 17.4 Å². The van der Waals surface area contributed by atoms with Gasteiger partial charge in [0.2, 0.25) is 0 Å². The summed E-state index contributed by atoms with van der Waals surface area (Å²) < 4.78 is 0. The average Bonchev–Trinajstić information content (AvgIpc) is 2.65. The summed E-state index contributed by atoms with van der Waals surface area (Å²) in [5.41, 5.74) is 2.98. The lowest BCUT2D eigenvalue weighted by Gasteiger charge is -2.28. The van der Waals surface area contributed by atoms with Gasteiger partial charge in [0.25, 0.3) is 0 Å². The Bertz CT molecular complexity index is 661. The van der Waals surface area contributed by atoms with E-state index in [1.807, 2.05) is 17.0 Å². The highest BCUT2D eigenvalue weighted by molar-refractivity contribution is 5.89. The number of urea groups is 1. The number of aromatic nitrogens is 2. The van der Waals surface area contributed by atoms with Crippen molar-refractivity contribution in [1.29, 1.82) is 0 Å². The number of carbonyl (C=O) groups excluding carboxylic acids is 1. The summed E-state index contributed by atoms with van der Waals surface area (Å²) in [6.45, 7) is 3.44. The minimum atomic E-state index is -0.120. The third kappa shape index (κ3) is 2.86. The van der Waals surface area contributed by atoms with Gasteiger partial charge in [0.05, 0.1) is 18.1 Å². The molecule has 1 N–H and O–H groups in total. The molecule has 0 saturated heterocycles. The molecule has 0 fully saturated rings. The summed E-state index contributed by atoms with van der Waals surface area (Å²) in [5.74, 6) is 0. The van der Waals surface area contributed by atoms with Crippen LogP contribution in [0, 0.1) is 0 Å². The molecular weight excluding hydrogens is 278 g/mol.